The molecule has 5 heteroatoms. The molecule has 0 spiro atoms. The Hall–Kier alpha value is -1.55. The van der Waals surface area contributed by atoms with Gasteiger partial charge in [-0.3, -0.25) is 4.79 Å². The van der Waals surface area contributed by atoms with Gasteiger partial charge in [-0.05, 0) is 18.6 Å². The number of nitrogens with one attached hydrogen (secondary N) is 1. The second-order valence-corrected chi connectivity index (χ2v) is 4.86. The minimum Gasteiger partial charge on any atom is -0.359 e. The first-order chi connectivity index (χ1) is 9.17. The molecule has 0 fully saturated rings. The van der Waals surface area contributed by atoms with Crippen LogP contribution in [0.1, 0.15) is 17.8 Å². The molecule has 0 saturated carbocycles. The first-order valence-corrected chi connectivity index (χ1v) is 6.92. The third-order valence-electron chi connectivity index (χ3n) is 3.21. The van der Waals surface area contributed by atoms with E-state index in [0.29, 0.717) is 25.3 Å². The minimum absolute atomic E-state index is 0.0345. The number of carbonyl (C=O) groups excluding carboxylic acids is 1. The summed E-state index contributed by atoms with van der Waals surface area (Å²) in [5, 5.41) is 2.64. The highest BCUT2D eigenvalue weighted by atomic mass is 35.5. The first-order valence-electron chi connectivity index (χ1n) is 6.38. The van der Waals surface area contributed by atoms with E-state index >= 15 is 0 Å². The Kier molecular flexibility index (Phi) is 4.43. The summed E-state index contributed by atoms with van der Waals surface area (Å²) in [6.07, 6.45) is 1.16. The zero-order chi connectivity index (χ0) is 13.8. The molecule has 1 N–H and O–H groups in total. The van der Waals surface area contributed by atoms with Gasteiger partial charge >= 0.3 is 0 Å². The number of halogens is 1. The SMILES string of the molecule is CNC(=O)CCn1c(CCCl)nc2cccc(C)c21. The fourth-order valence-corrected chi connectivity index (χ4v) is 2.44. The molecule has 0 aliphatic heterocycles. The molecule has 2 rings (SSSR count). The van der Waals surface area contributed by atoms with Crippen molar-refractivity contribution < 1.29 is 4.79 Å². The molecule has 0 atom stereocenters. The number of rotatable bonds is 5. The summed E-state index contributed by atoms with van der Waals surface area (Å²) in [5.41, 5.74) is 3.24. The molecular weight excluding hydrogens is 262 g/mol. The second-order valence-electron chi connectivity index (χ2n) is 4.48. The second kappa shape index (κ2) is 6.06. The Morgan fingerprint density at radius 1 is 1.47 bits per heavy atom. The van der Waals surface area contributed by atoms with Crippen LogP contribution in [0.4, 0.5) is 0 Å². The van der Waals surface area contributed by atoms with Crippen molar-refractivity contribution in [3.05, 3.63) is 29.6 Å². The maximum atomic E-state index is 11.4. The zero-order valence-electron chi connectivity index (χ0n) is 11.2. The summed E-state index contributed by atoms with van der Waals surface area (Å²) < 4.78 is 2.11. The van der Waals surface area contributed by atoms with Crippen molar-refractivity contribution in [2.45, 2.75) is 26.3 Å². The van der Waals surface area contributed by atoms with Gasteiger partial charge in [-0.2, -0.15) is 0 Å². The number of nitrogens with zero attached hydrogens (tertiary/aromatic N) is 2. The molecule has 2 aromatic rings. The van der Waals surface area contributed by atoms with Gasteiger partial charge in [-0.1, -0.05) is 12.1 Å². The highest BCUT2D eigenvalue weighted by molar-refractivity contribution is 6.17. The quantitative estimate of drug-likeness (QED) is 0.854. The van der Waals surface area contributed by atoms with Gasteiger partial charge in [0.1, 0.15) is 5.82 Å². The summed E-state index contributed by atoms with van der Waals surface area (Å²) in [6, 6.07) is 6.06. The van der Waals surface area contributed by atoms with E-state index in [9.17, 15) is 4.79 Å². The Morgan fingerprint density at radius 3 is 2.95 bits per heavy atom. The normalized spacial score (nSPS) is 10.9. The molecule has 1 heterocycles. The number of alkyl halides is 1. The van der Waals surface area contributed by atoms with E-state index in [0.717, 1.165) is 16.9 Å². The monoisotopic (exact) mass is 279 g/mol. The largest absolute Gasteiger partial charge is 0.359 e. The van der Waals surface area contributed by atoms with E-state index < -0.39 is 0 Å². The molecule has 102 valence electrons. The number of hydrogen-bond donors (Lipinski definition) is 1. The van der Waals surface area contributed by atoms with Gasteiger partial charge in [0.2, 0.25) is 5.91 Å². The predicted octanol–water partition coefficient (Wildman–Crippen LogP) is 2.26. The average Bonchev–Trinajstić information content (AvgIpc) is 2.75. The maximum Gasteiger partial charge on any atom is 0.221 e. The molecule has 0 unspecified atom stereocenters. The summed E-state index contributed by atoms with van der Waals surface area (Å²) in [7, 11) is 1.65. The molecule has 0 aliphatic carbocycles. The van der Waals surface area contributed by atoms with Gasteiger partial charge in [0.05, 0.1) is 11.0 Å². The average molecular weight is 280 g/mol. The smallest absolute Gasteiger partial charge is 0.221 e. The minimum atomic E-state index is 0.0345. The van der Waals surface area contributed by atoms with Crippen molar-refractivity contribution >= 4 is 28.5 Å². The summed E-state index contributed by atoms with van der Waals surface area (Å²) in [5.74, 6) is 1.51. The highest BCUT2D eigenvalue weighted by Gasteiger charge is 2.12. The van der Waals surface area contributed by atoms with Gasteiger partial charge in [0, 0.05) is 32.3 Å². The van der Waals surface area contributed by atoms with Crippen LogP contribution in [0.5, 0.6) is 0 Å². The van der Waals surface area contributed by atoms with Crippen molar-refractivity contribution in [3.63, 3.8) is 0 Å². The maximum absolute atomic E-state index is 11.4. The third kappa shape index (κ3) is 2.89. The lowest BCUT2D eigenvalue weighted by Gasteiger charge is -2.09. The third-order valence-corrected chi connectivity index (χ3v) is 3.40. The number of benzene rings is 1. The van der Waals surface area contributed by atoms with Crippen molar-refractivity contribution in [2.75, 3.05) is 12.9 Å². The first kappa shape index (κ1) is 13.9. The molecule has 1 aromatic heterocycles. The van der Waals surface area contributed by atoms with Crippen LogP contribution in [-0.4, -0.2) is 28.4 Å². The van der Waals surface area contributed by atoms with Gasteiger partial charge in [-0.15, -0.1) is 11.6 Å². The molecular formula is C14H18ClN3O. The molecule has 1 aromatic carbocycles. The van der Waals surface area contributed by atoms with Gasteiger partial charge in [0.25, 0.3) is 0 Å². The van der Waals surface area contributed by atoms with Gasteiger partial charge in [0.15, 0.2) is 0 Å². The number of fused-ring (bicyclic) bond motifs is 1. The Balaban J connectivity index is 2.42. The van der Waals surface area contributed by atoms with Crippen molar-refractivity contribution in [1.82, 2.24) is 14.9 Å². The number of amides is 1. The topological polar surface area (TPSA) is 46.9 Å². The molecule has 1 amide bonds. The standard InChI is InChI=1S/C14H18ClN3O/c1-10-4-3-5-11-14(10)18(9-7-13(19)16-2)12(17-11)6-8-15/h3-5H,6-9H2,1-2H3,(H,16,19). The summed E-state index contributed by atoms with van der Waals surface area (Å²) in [6.45, 7) is 2.69. The van der Waals surface area contributed by atoms with Crippen LogP contribution in [0.15, 0.2) is 18.2 Å². The molecule has 0 aliphatic rings. The van der Waals surface area contributed by atoms with Crippen LogP contribution in [-0.2, 0) is 17.8 Å². The lowest BCUT2D eigenvalue weighted by atomic mass is 10.2. The summed E-state index contributed by atoms with van der Waals surface area (Å²) >= 11 is 5.83. The lowest BCUT2D eigenvalue weighted by Crippen LogP contribution is -2.20. The Labute approximate surface area is 117 Å². The number of aryl methyl sites for hydroxylation is 3. The zero-order valence-corrected chi connectivity index (χ0v) is 12.0. The summed E-state index contributed by atoms with van der Waals surface area (Å²) in [4.78, 5) is 16.0. The fraction of sp³-hybridized carbons (Fsp3) is 0.429. The van der Waals surface area contributed by atoms with Crippen LogP contribution in [0.2, 0.25) is 0 Å². The van der Waals surface area contributed by atoms with E-state index in [-0.39, 0.29) is 5.91 Å². The van der Waals surface area contributed by atoms with E-state index in [4.69, 9.17) is 11.6 Å². The van der Waals surface area contributed by atoms with Crippen LogP contribution in [0.25, 0.3) is 11.0 Å². The fourth-order valence-electron chi connectivity index (χ4n) is 2.27. The van der Waals surface area contributed by atoms with Crippen molar-refractivity contribution in [3.8, 4) is 0 Å². The van der Waals surface area contributed by atoms with Crippen molar-refractivity contribution in [1.29, 1.82) is 0 Å². The van der Waals surface area contributed by atoms with E-state index in [1.54, 1.807) is 7.05 Å². The number of imidazole rings is 1. The number of hydrogen-bond acceptors (Lipinski definition) is 2. The Morgan fingerprint density at radius 2 is 2.26 bits per heavy atom. The van der Waals surface area contributed by atoms with Crippen LogP contribution in [0, 0.1) is 6.92 Å². The van der Waals surface area contributed by atoms with E-state index in [1.807, 2.05) is 12.1 Å². The Bertz CT molecular complexity index is 592. The van der Waals surface area contributed by atoms with E-state index in [1.165, 1.54) is 5.56 Å². The van der Waals surface area contributed by atoms with E-state index in [2.05, 4.69) is 27.9 Å². The van der Waals surface area contributed by atoms with Crippen LogP contribution >= 0.6 is 11.6 Å². The number of aromatic nitrogens is 2. The van der Waals surface area contributed by atoms with Crippen LogP contribution in [0.3, 0.4) is 0 Å². The predicted molar refractivity (Wildman–Crippen MR) is 77.6 cm³/mol. The number of para-hydroxylation sites is 1. The highest BCUT2D eigenvalue weighted by Crippen LogP contribution is 2.21. The number of carbonyl (C=O) groups is 1. The molecule has 0 radical (unpaired) electrons. The molecule has 0 bridgehead atoms. The van der Waals surface area contributed by atoms with Crippen molar-refractivity contribution in [2.24, 2.45) is 0 Å². The van der Waals surface area contributed by atoms with Crippen LogP contribution < -0.4 is 5.32 Å². The van der Waals surface area contributed by atoms with Gasteiger partial charge in [-0.25, -0.2) is 4.98 Å². The van der Waals surface area contributed by atoms with Gasteiger partial charge < -0.3 is 9.88 Å². The molecule has 0 saturated heterocycles. The lowest BCUT2D eigenvalue weighted by molar-refractivity contribution is -0.120. The molecule has 4 nitrogen and oxygen atoms in total. The molecule has 19 heavy (non-hydrogen) atoms.